The number of rotatable bonds is 3. The van der Waals surface area contributed by atoms with E-state index in [0.717, 1.165) is 32.5 Å². The number of halogens is 2. The Bertz CT molecular complexity index is 439. The SMILES string of the molecule is CNCC1CCN(C(=O)c2c(F)cccc2I)CC1. The molecule has 0 aromatic heterocycles. The van der Waals surface area contributed by atoms with Crippen LogP contribution in [-0.2, 0) is 0 Å². The van der Waals surface area contributed by atoms with Crippen LogP contribution < -0.4 is 5.32 Å². The average Bonchev–Trinajstić information content (AvgIpc) is 2.39. The van der Waals surface area contributed by atoms with Crippen molar-refractivity contribution in [3.05, 3.63) is 33.1 Å². The quantitative estimate of drug-likeness (QED) is 0.823. The Morgan fingerprint density at radius 1 is 1.47 bits per heavy atom. The second-order valence-corrected chi connectivity index (χ2v) is 6.05. The van der Waals surface area contributed by atoms with Crippen LogP contribution in [0.4, 0.5) is 4.39 Å². The summed E-state index contributed by atoms with van der Waals surface area (Å²) < 4.78 is 14.5. The standard InChI is InChI=1S/C14H18FIN2O/c1-17-9-10-5-7-18(8-6-10)14(19)13-11(15)3-2-4-12(13)16/h2-4,10,17H,5-9H2,1H3. The van der Waals surface area contributed by atoms with Gasteiger partial charge in [0.05, 0.1) is 5.56 Å². The maximum Gasteiger partial charge on any atom is 0.257 e. The fourth-order valence-corrected chi connectivity index (χ4v) is 3.19. The van der Waals surface area contributed by atoms with Gasteiger partial charge in [-0.2, -0.15) is 0 Å². The topological polar surface area (TPSA) is 32.3 Å². The second kappa shape index (κ2) is 6.65. The van der Waals surface area contributed by atoms with Crippen LogP contribution in [0.2, 0.25) is 0 Å². The molecule has 1 fully saturated rings. The van der Waals surface area contributed by atoms with E-state index < -0.39 is 5.82 Å². The molecule has 1 N–H and O–H groups in total. The van der Waals surface area contributed by atoms with Crippen molar-refractivity contribution in [3.63, 3.8) is 0 Å². The molecule has 0 saturated carbocycles. The first kappa shape index (κ1) is 14.7. The molecule has 3 nitrogen and oxygen atoms in total. The van der Waals surface area contributed by atoms with E-state index in [9.17, 15) is 9.18 Å². The van der Waals surface area contributed by atoms with Crippen LogP contribution in [0.5, 0.6) is 0 Å². The zero-order chi connectivity index (χ0) is 13.8. The number of piperidine rings is 1. The monoisotopic (exact) mass is 376 g/mol. The van der Waals surface area contributed by atoms with Crippen LogP contribution in [0.15, 0.2) is 18.2 Å². The highest BCUT2D eigenvalue weighted by Crippen LogP contribution is 2.22. The van der Waals surface area contributed by atoms with Gasteiger partial charge < -0.3 is 10.2 Å². The number of carbonyl (C=O) groups is 1. The number of carbonyl (C=O) groups excluding carboxylic acids is 1. The molecule has 1 aliphatic heterocycles. The Morgan fingerprint density at radius 3 is 2.74 bits per heavy atom. The minimum absolute atomic E-state index is 0.176. The van der Waals surface area contributed by atoms with E-state index in [2.05, 4.69) is 5.32 Å². The average molecular weight is 376 g/mol. The Hall–Kier alpha value is -0.690. The van der Waals surface area contributed by atoms with Crippen molar-refractivity contribution in [2.24, 2.45) is 5.92 Å². The van der Waals surface area contributed by atoms with Gasteiger partial charge in [-0.05, 0) is 67.1 Å². The number of hydrogen-bond donors (Lipinski definition) is 1. The molecule has 1 saturated heterocycles. The first-order chi connectivity index (χ1) is 9.13. The lowest BCUT2D eigenvalue weighted by atomic mass is 9.96. The smallest absolute Gasteiger partial charge is 0.257 e. The van der Waals surface area contributed by atoms with Crippen molar-refractivity contribution >= 4 is 28.5 Å². The van der Waals surface area contributed by atoms with E-state index in [1.54, 1.807) is 17.0 Å². The molecule has 19 heavy (non-hydrogen) atoms. The van der Waals surface area contributed by atoms with Gasteiger partial charge in [0, 0.05) is 16.7 Å². The molecule has 0 bridgehead atoms. The lowest BCUT2D eigenvalue weighted by Crippen LogP contribution is -2.41. The summed E-state index contributed by atoms with van der Waals surface area (Å²) in [4.78, 5) is 14.1. The largest absolute Gasteiger partial charge is 0.339 e. The Kier molecular flexibility index (Phi) is 5.15. The molecule has 1 aromatic carbocycles. The number of nitrogens with one attached hydrogen (secondary N) is 1. The van der Waals surface area contributed by atoms with Crippen molar-refractivity contribution < 1.29 is 9.18 Å². The van der Waals surface area contributed by atoms with Gasteiger partial charge in [-0.1, -0.05) is 6.07 Å². The van der Waals surface area contributed by atoms with Gasteiger partial charge in [0.15, 0.2) is 0 Å². The van der Waals surface area contributed by atoms with E-state index in [0.29, 0.717) is 9.49 Å². The van der Waals surface area contributed by atoms with Crippen LogP contribution in [0, 0.1) is 15.3 Å². The molecular weight excluding hydrogens is 358 g/mol. The van der Waals surface area contributed by atoms with Gasteiger partial charge in [-0.25, -0.2) is 4.39 Å². The zero-order valence-corrected chi connectivity index (χ0v) is 13.1. The second-order valence-electron chi connectivity index (χ2n) is 4.89. The Labute approximate surface area is 126 Å². The van der Waals surface area contributed by atoms with Gasteiger partial charge in [0.25, 0.3) is 5.91 Å². The van der Waals surface area contributed by atoms with E-state index in [4.69, 9.17) is 0 Å². The molecule has 1 aromatic rings. The molecule has 0 unspecified atom stereocenters. The molecule has 5 heteroatoms. The number of likely N-dealkylation sites (tertiary alicyclic amines) is 1. The van der Waals surface area contributed by atoms with Crippen LogP contribution in [0.3, 0.4) is 0 Å². The lowest BCUT2D eigenvalue weighted by molar-refractivity contribution is 0.0685. The third-order valence-corrected chi connectivity index (χ3v) is 4.47. The minimum atomic E-state index is -0.422. The Morgan fingerprint density at radius 2 is 2.16 bits per heavy atom. The molecule has 2 rings (SSSR count). The summed E-state index contributed by atoms with van der Waals surface area (Å²) in [6.07, 6.45) is 1.97. The molecule has 0 atom stereocenters. The Balaban J connectivity index is 2.05. The van der Waals surface area contributed by atoms with Crippen molar-refractivity contribution in [2.45, 2.75) is 12.8 Å². The fraction of sp³-hybridized carbons (Fsp3) is 0.500. The third-order valence-electron chi connectivity index (χ3n) is 3.57. The molecule has 0 radical (unpaired) electrons. The molecule has 1 aliphatic rings. The van der Waals surface area contributed by atoms with Crippen LogP contribution in [0.25, 0.3) is 0 Å². The van der Waals surface area contributed by atoms with Crippen molar-refractivity contribution in [1.29, 1.82) is 0 Å². The van der Waals surface area contributed by atoms with Crippen LogP contribution >= 0.6 is 22.6 Å². The van der Waals surface area contributed by atoms with Gasteiger partial charge in [0.2, 0.25) is 0 Å². The molecule has 1 amide bonds. The summed E-state index contributed by atoms with van der Waals surface area (Å²) in [6, 6.07) is 4.75. The van der Waals surface area contributed by atoms with Crippen molar-refractivity contribution in [3.8, 4) is 0 Å². The lowest BCUT2D eigenvalue weighted by Gasteiger charge is -2.32. The van der Waals surface area contributed by atoms with E-state index >= 15 is 0 Å². The summed E-state index contributed by atoms with van der Waals surface area (Å²) in [6.45, 7) is 2.42. The third kappa shape index (κ3) is 3.45. The number of hydrogen-bond acceptors (Lipinski definition) is 2. The predicted octanol–water partition coefficient (Wildman–Crippen LogP) is 2.50. The van der Waals surface area contributed by atoms with Gasteiger partial charge >= 0.3 is 0 Å². The van der Waals surface area contributed by atoms with E-state index in [1.807, 2.05) is 29.6 Å². The van der Waals surface area contributed by atoms with E-state index in [-0.39, 0.29) is 11.5 Å². The summed E-state index contributed by atoms with van der Waals surface area (Å²) in [5.41, 5.74) is 0.218. The zero-order valence-electron chi connectivity index (χ0n) is 11.0. The molecular formula is C14H18FIN2O. The van der Waals surface area contributed by atoms with Gasteiger partial charge in [0.1, 0.15) is 5.82 Å². The van der Waals surface area contributed by atoms with Crippen LogP contribution in [-0.4, -0.2) is 37.5 Å². The maximum atomic E-state index is 13.8. The summed E-state index contributed by atoms with van der Waals surface area (Å²) >= 11 is 2.02. The first-order valence-electron chi connectivity index (χ1n) is 6.51. The molecule has 0 aliphatic carbocycles. The number of amides is 1. The molecule has 1 heterocycles. The highest BCUT2D eigenvalue weighted by Gasteiger charge is 2.26. The predicted molar refractivity (Wildman–Crippen MR) is 81.7 cm³/mol. The van der Waals surface area contributed by atoms with Crippen molar-refractivity contribution in [1.82, 2.24) is 10.2 Å². The minimum Gasteiger partial charge on any atom is -0.339 e. The van der Waals surface area contributed by atoms with Crippen LogP contribution in [0.1, 0.15) is 23.2 Å². The van der Waals surface area contributed by atoms with Gasteiger partial charge in [-0.3, -0.25) is 4.79 Å². The van der Waals surface area contributed by atoms with Crippen molar-refractivity contribution in [2.75, 3.05) is 26.7 Å². The molecule has 0 spiro atoms. The summed E-state index contributed by atoms with van der Waals surface area (Å²) in [5.74, 6) is 0.0217. The van der Waals surface area contributed by atoms with E-state index in [1.165, 1.54) is 6.07 Å². The first-order valence-corrected chi connectivity index (χ1v) is 7.59. The number of benzene rings is 1. The number of nitrogens with zero attached hydrogens (tertiary/aromatic N) is 1. The fourth-order valence-electron chi connectivity index (χ4n) is 2.49. The summed E-state index contributed by atoms with van der Waals surface area (Å²) in [5, 5.41) is 3.17. The normalized spacial score (nSPS) is 16.7. The molecule has 104 valence electrons. The maximum absolute atomic E-state index is 13.8. The highest BCUT2D eigenvalue weighted by atomic mass is 127. The highest BCUT2D eigenvalue weighted by molar-refractivity contribution is 14.1. The van der Waals surface area contributed by atoms with Gasteiger partial charge in [-0.15, -0.1) is 0 Å². The summed E-state index contributed by atoms with van der Waals surface area (Å²) in [7, 11) is 1.94.